The van der Waals surface area contributed by atoms with Crippen LogP contribution in [0.5, 0.6) is 5.75 Å². The van der Waals surface area contributed by atoms with Crippen LogP contribution in [-0.4, -0.2) is 24.5 Å². The molecule has 2 aromatic carbocycles. The van der Waals surface area contributed by atoms with E-state index in [-0.39, 0.29) is 17.9 Å². The zero-order valence-electron chi connectivity index (χ0n) is 17.1. The van der Waals surface area contributed by atoms with Crippen LogP contribution in [0, 0.1) is 0 Å². The third-order valence-corrected chi connectivity index (χ3v) is 5.57. The highest BCUT2D eigenvalue weighted by atomic mass is 32.1. The minimum Gasteiger partial charge on any atom is -0.494 e. The molecule has 2 unspecified atom stereocenters. The first-order chi connectivity index (χ1) is 14.6. The summed E-state index contributed by atoms with van der Waals surface area (Å²) in [7, 11) is 0. The van der Waals surface area contributed by atoms with Crippen molar-refractivity contribution in [2.24, 2.45) is 0 Å². The fourth-order valence-corrected chi connectivity index (χ4v) is 3.74. The van der Waals surface area contributed by atoms with E-state index in [1.807, 2.05) is 79.9 Å². The van der Waals surface area contributed by atoms with Gasteiger partial charge in [0.1, 0.15) is 11.8 Å². The van der Waals surface area contributed by atoms with E-state index in [1.54, 1.807) is 6.07 Å². The fourth-order valence-electron chi connectivity index (χ4n) is 3.11. The molecule has 0 aliphatic heterocycles. The highest BCUT2D eigenvalue weighted by molar-refractivity contribution is 7.12. The lowest BCUT2D eigenvalue weighted by atomic mass is 10.0. The number of hydrogen-bond acceptors (Lipinski definition) is 4. The molecule has 0 aliphatic rings. The van der Waals surface area contributed by atoms with Crippen LogP contribution < -0.4 is 15.4 Å². The minimum atomic E-state index is -0.674. The lowest BCUT2D eigenvalue weighted by Gasteiger charge is -2.22. The third kappa shape index (κ3) is 5.94. The summed E-state index contributed by atoms with van der Waals surface area (Å²) in [4.78, 5) is 26.2. The second-order valence-electron chi connectivity index (χ2n) is 6.93. The summed E-state index contributed by atoms with van der Waals surface area (Å²) in [6, 6.07) is 20.0. The summed E-state index contributed by atoms with van der Waals surface area (Å²) in [5.41, 5.74) is 1.95. The first kappa shape index (κ1) is 21.6. The highest BCUT2D eigenvalue weighted by Crippen LogP contribution is 2.18. The zero-order chi connectivity index (χ0) is 21.3. The van der Waals surface area contributed by atoms with E-state index < -0.39 is 6.04 Å². The predicted molar refractivity (Wildman–Crippen MR) is 120 cm³/mol. The minimum absolute atomic E-state index is 0.204. The average molecular weight is 423 g/mol. The summed E-state index contributed by atoms with van der Waals surface area (Å²) in [6.07, 6.45) is 0.416. The van der Waals surface area contributed by atoms with Gasteiger partial charge in [-0.1, -0.05) is 48.5 Å². The maximum absolute atomic E-state index is 13.1. The Kier molecular flexibility index (Phi) is 7.63. The van der Waals surface area contributed by atoms with Crippen LogP contribution in [0.15, 0.2) is 72.1 Å². The monoisotopic (exact) mass is 422 g/mol. The lowest BCUT2D eigenvalue weighted by Crippen LogP contribution is -2.48. The summed E-state index contributed by atoms with van der Waals surface area (Å²) < 4.78 is 5.47. The number of nitrogens with one attached hydrogen (secondary N) is 2. The Hall–Kier alpha value is -3.12. The predicted octanol–water partition coefficient (Wildman–Crippen LogP) is 4.37. The van der Waals surface area contributed by atoms with E-state index in [0.717, 1.165) is 16.9 Å². The Morgan fingerprint density at radius 1 is 0.967 bits per heavy atom. The second kappa shape index (κ2) is 10.6. The Labute approximate surface area is 181 Å². The van der Waals surface area contributed by atoms with Crippen LogP contribution in [0.2, 0.25) is 0 Å². The molecule has 2 amide bonds. The molecule has 0 fully saturated rings. The summed E-state index contributed by atoms with van der Waals surface area (Å²) in [5, 5.41) is 7.76. The number of hydrogen-bond donors (Lipinski definition) is 2. The van der Waals surface area contributed by atoms with Gasteiger partial charge in [0.2, 0.25) is 5.91 Å². The molecule has 1 heterocycles. The molecule has 2 N–H and O–H groups in total. The number of carbonyl (C=O) groups excluding carboxylic acids is 2. The molecular weight excluding hydrogens is 396 g/mol. The number of benzene rings is 2. The molecule has 3 rings (SSSR count). The van der Waals surface area contributed by atoms with Crippen LogP contribution >= 0.6 is 11.3 Å². The average Bonchev–Trinajstić information content (AvgIpc) is 3.30. The number of thiophene rings is 1. The van der Waals surface area contributed by atoms with Crippen LogP contribution in [0.4, 0.5) is 0 Å². The van der Waals surface area contributed by atoms with Gasteiger partial charge in [-0.2, -0.15) is 0 Å². The van der Waals surface area contributed by atoms with Crippen molar-refractivity contribution in [3.05, 3.63) is 88.1 Å². The Balaban J connectivity index is 1.70. The zero-order valence-corrected chi connectivity index (χ0v) is 17.9. The second-order valence-corrected chi connectivity index (χ2v) is 7.87. The highest BCUT2D eigenvalue weighted by Gasteiger charge is 2.24. The molecule has 3 aromatic rings. The van der Waals surface area contributed by atoms with Crippen molar-refractivity contribution in [1.82, 2.24) is 10.6 Å². The first-order valence-electron chi connectivity index (χ1n) is 9.98. The van der Waals surface area contributed by atoms with Crippen molar-refractivity contribution in [3.8, 4) is 5.75 Å². The third-order valence-electron chi connectivity index (χ3n) is 4.70. The normalized spacial score (nSPS) is 12.6. The molecule has 6 heteroatoms. The molecule has 2 atom stereocenters. The van der Waals surface area contributed by atoms with Gasteiger partial charge in [-0.3, -0.25) is 9.59 Å². The Bertz CT molecular complexity index is 940. The van der Waals surface area contributed by atoms with Crippen molar-refractivity contribution in [3.63, 3.8) is 0 Å². The van der Waals surface area contributed by atoms with Crippen LogP contribution in [0.3, 0.4) is 0 Å². The van der Waals surface area contributed by atoms with Crippen LogP contribution in [-0.2, 0) is 11.2 Å². The van der Waals surface area contributed by atoms with Crippen LogP contribution in [0.1, 0.15) is 40.7 Å². The van der Waals surface area contributed by atoms with Gasteiger partial charge in [0.25, 0.3) is 5.91 Å². The van der Waals surface area contributed by atoms with E-state index in [0.29, 0.717) is 17.9 Å². The maximum atomic E-state index is 13.1. The molecule has 0 radical (unpaired) electrons. The topological polar surface area (TPSA) is 67.4 Å². The summed E-state index contributed by atoms with van der Waals surface area (Å²) in [5.74, 6) is 0.338. The van der Waals surface area contributed by atoms with E-state index >= 15 is 0 Å². The number of rotatable bonds is 9. The SMILES string of the molecule is CCOc1ccc(C(C)NC(=O)C(Cc2ccccc2)NC(=O)c2cccs2)cc1. The standard InChI is InChI=1S/C24H26N2O3S/c1-3-29-20-13-11-19(12-14-20)17(2)25-23(27)21(16-18-8-5-4-6-9-18)26-24(28)22-10-7-15-30-22/h4-15,17,21H,3,16H2,1-2H3,(H,25,27)(H,26,28). The van der Waals surface area contributed by atoms with Crippen molar-refractivity contribution in [1.29, 1.82) is 0 Å². The van der Waals surface area contributed by atoms with Gasteiger partial charge in [-0.15, -0.1) is 11.3 Å². The molecule has 0 saturated carbocycles. The van der Waals surface area contributed by atoms with Gasteiger partial charge < -0.3 is 15.4 Å². The maximum Gasteiger partial charge on any atom is 0.262 e. The van der Waals surface area contributed by atoms with Gasteiger partial charge in [0.15, 0.2) is 0 Å². The van der Waals surface area contributed by atoms with Crippen molar-refractivity contribution in [2.75, 3.05) is 6.61 Å². The Morgan fingerprint density at radius 2 is 1.70 bits per heavy atom. The Morgan fingerprint density at radius 3 is 2.33 bits per heavy atom. The molecular formula is C24H26N2O3S. The molecule has 0 bridgehead atoms. The molecule has 0 saturated heterocycles. The van der Waals surface area contributed by atoms with E-state index in [1.165, 1.54) is 11.3 Å². The summed E-state index contributed by atoms with van der Waals surface area (Å²) in [6.45, 7) is 4.47. The lowest BCUT2D eigenvalue weighted by molar-refractivity contribution is -0.123. The molecule has 30 heavy (non-hydrogen) atoms. The molecule has 0 aliphatic carbocycles. The van der Waals surface area contributed by atoms with E-state index in [2.05, 4.69) is 10.6 Å². The van der Waals surface area contributed by atoms with E-state index in [9.17, 15) is 9.59 Å². The van der Waals surface area contributed by atoms with Gasteiger partial charge >= 0.3 is 0 Å². The van der Waals surface area contributed by atoms with Crippen molar-refractivity contribution in [2.45, 2.75) is 32.4 Å². The van der Waals surface area contributed by atoms with Crippen LogP contribution in [0.25, 0.3) is 0 Å². The first-order valence-corrected chi connectivity index (χ1v) is 10.9. The van der Waals surface area contributed by atoms with Crippen molar-refractivity contribution < 1.29 is 14.3 Å². The number of amides is 2. The quantitative estimate of drug-likeness (QED) is 0.538. The number of ether oxygens (including phenoxy) is 1. The van der Waals surface area contributed by atoms with Gasteiger partial charge in [-0.05, 0) is 48.6 Å². The van der Waals surface area contributed by atoms with Gasteiger partial charge in [0, 0.05) is 6.42 Å². The molecule has 0 spiro atoms. The fraction of sp³-hybridized carbons (Fsp3) is 0.250. The molecule has 5 nitrogen and oxygen atoms in total. The molecule has 156 valence electrons. The van der Waals surface area contributed by atoms with Gasteiger partial charge in [0.05, 0.1) is 17.5 Å². The largest absolute Gasteiger partial charge is 0.494 e. The van der Waals surface area contributed by atoms with Crippen molar-refractivity contribution >= 4 is 23.2 Å². The number of carbonyl (C=O) groups is 2. The summed E-state index contributed by atoms with van der Waals surface area (Å²) >= 11 is 1.35. The van der Waals surface area contributed by atoms with E-state index in [4.69, 9.17) is 4.74 Å². The smallest absolute Gasteiger partial charge is 0.262 e. The van der Waals surface area contributed by atoms with Gasteiger partial charge in [-0.25, -0.2) is 0 Å². The molecule has 1 aromatic heterocycles.